The molecule has 2 unspecified atom stereocenters. The third kappa shape index (κ3) is 4.74. The predicted octanol–water partition coefficient (Wildman–Crippen LogP) is 2.31. The number of ether oxygens (including phenoxy) is 1. The van der Waals surface area contributed by atoms with Gasteiger partial charge in [-0.3, -0.25) is 9.69 Å². The first-order valence-corrected chi connectivity index (χ1v) is 8.34. The van der Waals surface area contributed by atoms with Gasteiger partial charge in [0.05, 0.1) is 6.61 Å². The Kier molecular flexibility index (Phi) is 6.30. The lowest BCUT2D eigenvalue weighted by molar-refractivity contribution is -0.143. The number of nitrogens with zero attached hydrogens (tertiary/aromatic N) is 1. The van der Waals surface area contributed by atoms with Crippen LogP contribution in [0.3, 0.4) is 0 Å². The van der Waals surface area contributed by atoms with Gasteiger partial charge < -0.3 is 10.5 Å². The molecule has 0 radical (unpaired) electrons. The number of hydrogen-bond donors (Lipinski definition) is 1. The molecule has 1 saturated carbocycles. The van der Waals surface area contributed by atoms with Gasteiger partial charge in [0.15, 0.2) is 0 Å². The third-order valence-corrected chi connectivity index (χ3v) is 4.75. The van der Waals surface area contributed by atoms with Crippen LogP contribution in [0.4, 0.5) is 0 Å². The number of carbonyl (C=O) groups is 1. The van der Waals surface area contributed by atoms with Crippen molar-refractivity contribution < 1.29 is 9.53 Å². The van der Waals surface area contributed by atoms with Crippen molar-refractivity contribution in [2.75, 3.05) is 19.7 Å². The highest BCUT2D eigenvalue weighted by Crippen LogP contribution is 2.28. The lowest BCUT2D eigenvalue weighted by Gasteiger charge is -2.42. The zero-order valence-corrected chi connectivity index (χ0v) is 12.9. The summed E-state index contributed by atoms with van der Waals surface area (Å²) in [5.74, 6) is 0.501. The number of esters is 1. The summed E-state index contributed by atoms with van der Waals surface area (Å²) < 4.78 is 5.02. The highest BCUT2D eigenvalue weighted by molar-refractivity contribution is 5.69. The summed E-state index contributed by atoms with van der Waals surface area (Å²) in [6.07, 6.45) is 9.31. The number of likely N-dealkylation sites (tertiary alicyclic amines) is 1. The lowest BCUT2D eigenvalue weighted by atomic mass is 9.87. The Bertz CT molecular complexity index is 303. The van der Waals surface area contributed by atoms with Crippen molar-refractivity contribution in [2.45, 2.75) is 70.4 Å². The maximum atomic E-state index is 11.5. The van der Waals surface area contributed by atoms with E-state index in [1.165, 1.54) is 32.1 Å². The van der Waals surface area contributed by atoms with Gasteiger partial charge in [0.25, 0.3) is 0 Å². The van der Waals surface area contributed by atoms with Crippen LogP contribution >= 0.6 is 0 Å². The lowest BCUT2D eigenvalue weighted by Crippen LogP contribution is -2.51. The molecule has 2 atom stereocenters. The Hall–Kier alpha value is -0.610. The van der Waals surface area contributed by atoms with Crippen LogP contribution in [-0.2, 0) is 9.53 Å². The summed E-state index contributed by atoms with van der Waals surface area (Å²) in [5.41, 5.74) is 6.23. The van der Waals surface area contributed by atoms with E-state index in [4.69, 9.17) is 10.5 Å². The second kappa shape index (κ2) is 7.99. The van der Waals surface area contributed by atoms with E-state index in [-0.39, 0.29) is 12.0 Å². The second-order valence-electron chi connectivity index (χ2n) is 6.45. The van der Waals surface area contributed by atoms with Gasteiger partial charge >= 0.3 is 5.97 Å². The van der Waals surface area contributed by atoms with Gasteiger partial charge in [-0.1, -0.05) is 19.3 Å². The van der Waals surface area contributed by atoms with Gasteiger partial charge in [-0.2, -0.15) is 0 Å². The molecule has 1 aliphatic carbocycles. The predicted molar refractivity (Wildman–Crippen MR) is 80.4 cm³/mol. The molecule has 1 aliphatic heterocycles. The molecular weight excluding hydrogens is 252 g/mol. The zero-order chi connectivity index (χ0) is 14.4. The summed E-state index contributed by atoms with van der Waals surface area (Å²) >= 11 is 0. The van der Waals surface area contributed by atoms with E-state index < -0.39 is 0 Å². The van der Waals surface area contributed by atoms with Crippen LogP contribution in [0, 0.1) is 5.92 Å². The maximum absolute atomic E-state index is 11.5. The fraction of sp³-hybridized carbons (Fsp3) is 0.938. The summed E-state index contributed by atoms with van der Waals surface area (Å²) in [4.78, 5) is 14.1. The average molecular weight is 282 g/mol. The zero-order valence-electron chi connectivity index (χ0n) is 12.9. The Balaban J connectivity index is 1.79. The Morgan fingerprint density at radius 2 is 2.00 bits per heavy atom. The Morgan fingerprint density at radius 1 is 1.25 bits per heavy atom. The maximum Gasteiger partial charge on any atom is 0.305 e. The first-order valence-electron chi connectivity index (χ1n) is 8.34. The second-order valence-corrected chi connectivity index (χ2v) is 6.45. The molecular formula is C16H30N2O2. The number of rotatable bonds is 5. The summed E-state index contributed by atoms with van der Waals surface area (Å²) in [5, 5.41) is 0. The van der Waals surface area contributed by atoms with Crippen molar-refractivity contribution in [3.05, 3.63) is 0 Å². The van der Waals surface area contributed by atoms with E-state index in [0.717, 1.165) is 32.0 Å². The van der Waals surface area contributed by atoms with Crippen molar-refractivity contribution in [1.29, 1.82) is 0 Å². The molecule has 116 valence electrons. The fourth-order valence-electron chi connectivity index (χ4n) is 3.79. The molecule has 2 aliphatic rings. The summed E-state index contributed by atoms with van der Waals surface area (Å²) in [6.45, 7) is 4.51. The molecule has 4 nitrogen and oxygen atoms in total. The van der Waals surface area contributed by atoms with Crippen LogP contribution in [0.5, 0.6) is 0 Å². The van der Waals surface area contributed by atoms with Gasteiger partial charge in [-0.15, -0.1) is 0 Å². The van der Waals surface area contributed by atoms with Gasteiger partial charge in [0, 0.05) is 31.6 Å². The molecule has 2 fully saturated rings. The minimum absolute atomic E-state index is 0.0594. The third-order valence-electron chi connectivity index (χ3n) is 4.75. The van der Waals surface area contributed by atoms with Gasteiger partial charge in [0.1, 0.15) is 0 Å². The molecule has 1 heterocycles. The van der Waals surface area contributed by atoms with Crippen molar-refractivity contribution in [3.8, 4) is 0 Å². The molecule has 2 N–H and O–H groups in total. The van der Waals surface area contributed by atoms with Crippen LogP contribution in [-0.4, -0.2) is 42.6 Å². The SMILES string of the molecule is CCOC(=O)CCC1CC(N)CN(C2CCCCC2)C1. The number of carbonyl (C=O) groups excluding carboxylic acids is 1. The fourth-order valence-corrected chi connectivity index (χ4v) is 3.79. The van der Waals surface area contributed by atoms with Crippen molar-refractivity contribution in [2.24, 2.45) is 11.7 Å². The first kappa shape index (κ1) is 15.8. The molecule has 0 bridgehead atoms. The van der Waals surface area contributed by atoms with E-state index in [1.54, 1.807) is 0 Å². The van der Waals surface area contributed by atoms with Crippen LogP contribution in [0.25, 0.3) is 0 Å². The topological polar surface area (TPSA) is 55.6 Å². The minimum Gasteiger partial charge on any atom is -0.466 e. The molecule has 0 aromatic carbocycles. The highest BCUT2D eigenvalue weighted by Gasteiger charge is 2.30. The largest absolute Gasteiger partial charge is 0.466 e. The van der Waals surface area contributed by atoms with Crippen molar-refractivity contribution in [1.82, 2.24) is 4.90 Å². The molecule has 1 saturated heterocycles. The normalized spacial score (nSPS) is 29.3. The molecule has 0 aromatic heterocycles. The highest BCUT2D eigenvalue weighted by atomic mass is 16.5. The standard InChI is InChI=1S/C16H30N2O2/c1-2-20-16(19)9-8-13-10-14(17)12-18(11-13)15-6-4-3-5-7-15/h13-15H,2-12,17H2,1H3. The average Bonchev–Trinajstić information content (AvgIpc) is 2.46. The number of piperidine rings is 1. The van der Waals surface area contributed by atoms with E-state index in [0.29, 0.717) is 18.9 Å². The van der Waals surface area contributed by atoms with E-state index >= 15 is 0 Å². The number of hydrogen-bond acceptors (Lipinski definition) is 4. The van der Waals surface area contributed by atoms with Crippen molar-refractivity contribution >= 4 is 5.97 Å². The molecule has 4 heteroatoms. The molecule has 0 aromatic rings. The summed E-state index contributed by atoms with van der Waals surface area (Å²) in [7, 11) is 0. The van der Waals surface area contributed by atoms with Crippen LogP contribution < -0.4 is 5.73 Å². The van der Waals surface area contributed by atoms with Gasteiger partial charge in [0.2, 0.25) is 0 Å². The van der Waals surface area contributed by atoms with Crippen LogP contribution in [0.15, 0.2) is 0 Å². The first-order chi connectivity index (χ1) is 9.69. The molecule has 2 rings (SSSR count). The monoisotopic (exact) mass is 282 g/mol. The quantitative estimate of drug-likeness (QED) is 0.786. The number of nitrogens with two attached hydrogens (primary N) is 1. The molecule has 0 spiro atoms. The van der Waals surface area contributed by atoms with E-state index in [2.05, 4.69) is 4.90 Å². The van der Waals surface area contributed by atoms with Crippen LogP contribution in [0.2, 0.25) is 0 Å². The summed E-state index contributed by atoms with van der Waals surface area (Å²) in [6, 6.07) is 1.01. The van der Waals surface area contributed by atoms with Gasteiger partial charge in [-0.25, -0.2) is 0 Å². The van der Waals surface area contributed by atoms with Crippen molar-refractivity contribution in [3.63, 3.8) is 0 Å². The molecule has 20 heavy (non-hydrogen) atoms. The minimum atomic E-state index is -0.0594. The Labute approximate surface area is 123 Å². The Morgan fingerprint density at radius 3 is 2.70 bits per heavy atom. The van der Waals surface area contributed by atoms with Gasteiger partial charge in [-0.05, 0) is 38.5 Å². The van der Waals surface area contributed by atoms with E-state index in [1.807, 2.05) is 6.92 Å². The van der Waals surface area contributed by atoms with Crippen LogP contribution in [0.1, 0.15) is 58.3 Å². The smallest absolute Gasteiger partial charge is 0.305 e. The molecule has 0 amide bonds. The van der Waals surface area contributed by atoms with E-state index in [9.17, 15) is 4.79 Å².